The standard InChI is InChI=1S/C20H19ClFNO4/c1-11(20(25)26)12-3-2-4-14(9-12)23-19(24)15-7-8-27-18(15)13-5-6-16(21)17(22)10-13/h2-6,9-11,15,18H,7-8H2,1H3,(H,23,24)(H,25,26)/t11?,15-,18+/m1/s1. The number of hydrogen-bond donors (Lipinski definition) is 2. The van der Waals surface area contributed by atoms with E-state index in [-0.39, 0.29) is 10.9 Å². The Morgan fingerprint density at radius 2 is 2.07 bits per heavy atom. The van der Waals surface area contributed by atoms with Crippen molar-refractivity contribution >= 4 is 29.2 Å². The maximum absolute atomic E-state index is 13.8. The Morgan fingerprint density at radius 1 is 1.30 bits per heavy atom. The minimum Gasteiger partial charge on any atom is -0.481 e. The van der Waals surface area contributed by atoms with E-state index in [1.807, 2.05) is 0 Å². The maximum Gasteiger partial charge on any atom is 0.310 e. The predicted octanol–water partition coefficient (Wildman–Crippen LogP) is 4.38. The van der Waals surface area contributed by atoms with E-state index in [0.29, 0.717) is 29.8 Å². The normalized spacial score (nSPS) is 20.3. The Kier molecular flexibility index (Phi) is 5.77. The number of halogens is 2. The highest BCUT2D eigenvalue weighted by Gasteiger charge is 2.35. The van der Waals surface area contributed by atoms with Gasteiger partial charge in [0.2, 0.25) is 5.91 Å². The van der Waals surface area contributed by atoms with E-state index in [0.717, 1.165) is 0 Å². The Bertz CT molecular complexity index is 873. The summed E-state index contributed by atoms with van der Waals surface area (Å²) >= 11 is 5.72. The zero-order chi connectivity index (χ0) is 19.6. The van der Waals surface area contributed by atoms with Gasteiger partial charge in [0, 0.05) is 12.3 Å². The number of carbonyl (C=O) groups excluding carboxylic acids is 1. The highest BCUT2D eigenvalue weighted by Crippen LogP contribution is 2.36. The summed E-state index contributed by atoms with van der Waals surface area (Å²) in [5, 5.41) is 12.0. The van der Waals surface area contributed by atoms with Crippen molar-refractivity contribution in [3.63, 3.8) is 0 Å². The van der Waals surface area contributed by atoms with Crippen molar-refractivity contribution < 1.29 is 23.8 Å². The van der Waals surface area contributed by atoms with Crippen LogP contribution in [0.4, 0.5) is 10.1 Å². The number of carboxylic acid groups (broad SMARTS) is 1. The van der Waals surface area contributed by atoms with Gasteiger partial charge in [-0.1, -0.05) is 29.8 Å². The molecule has 1 heterocycles. The molecule has 1 fully saturated rings. The molecule has 0 aliphatic carbocycles. The van der Waals surface area contributed by atoms with Gasteiger partial charge in [-0.25, -0.2) is 4.39 Å². The van der Waals surface area contributed by atoms with Crippen LogP contribution < -0.4 is 5.32 Å². The third kappa shape index (κ3) is 4.28. The van der Waals surface area contributed by atoms with Crippen LogP contribution >= 0.6 is 11.6 Å². The van der Waals surface area contributed by atoms with Gasteiger partial charge in [-0.3, -0.25) is 9.59 Å². The Balaban J connectivity index is 1.76. The first kappa shape index (κ1) is 19.3. The summed E-state index contributed by atoms with van der Waals surface area (Å²) in [5.74, 6) is -2.91. The number of hydrogen-bond acceptors (Lipinski definition) is 3. The highest BCUT2D eigenvalue weighted by molar-refractivity contribution is 6.30. The molecule has 2 N–H and O–H groups in total. The third-order valence-corrected chi connectivity index (χ3v) is 5.03. The van der Waals surface area contributed by atoms with Crippen molar-refractivity contribution in [2.75, 3.05) is 11.9 Å². The monoisotopic (exact) mass is 391 g/mol. The molecular weight excluding hydrogens is 373 g/mol. The molecule has 1 saturated heterocycles. The lowest BCUT2D eigenvalue weighted by molar-refractivity contribution is -0.138. The van der Waals surface area contributed by atoms with Crippen LogP contribution in [0.2, 0.25) is 5.02 Å². The lowest BCUT2D eigenvalue weighted by atomic mass is 9.94. The molecule has 1 aliphatic rings. The first-order valence-electron chi connectivity index (χ1n) is 8.57. The SMILES string of the molecule is CC(C(=O)O)c1cccc(NC(=O)[C@@H]2CCO[C@H]2c2ccc(Cl)c(F)c2)c1. The van der Waals surface area contributed by atoms with E-state index in [9.17, 15) is 14.0 Å². The molecule has 0 bridgehead atoms. The van der Waals surface area contributed by atoms with E-state index in [1.165, 1.54) is 12.1 Å². The summed E-state index contributed by atoms with van der Waals surface area (Å²) in [6.45, 7) is 1.97. The number of aliphatic carboxylic acids is 1. The summed E-state index contributed by atoms with van der Waals surface area (Å²) in [6.07, 6.45) is -0.0516. The summed E-state index contributed by atoms with van der Waals surface area (Å²) in [6, 6.07) is 11.1. The summed E-state index contributed by atoms with van der Waals surface area (Å²) in [7, 11) is 0. The van der Waals surface area contributed by atoms with Crippen LogP contribution in [-0.2, 0) is 14.3 Å². The largest absolute Gasteiger partial charge is 0.481 e. The van der Waals surface area contributed by atoms with Gasteiger partial charge in [-0.2, -0.15) is 0 Å². The molecule has 1 amide bonds. The molecule has 2 aromatic carbocycles. The maximum atomic E-state index is 13.8. The Morgan fingerprint density at radius 3 is 2.78 bits per heavy atom. The second-order valence-electron chi connectivity index (χ2n) is 6.53. The molecule has 2 aromatic rings. The number of anilines is 1. The molecule has 1 unspecified atom stereocenters. The van der Waals surface area contributed by atoms with Gasteiger partial charge in [-0.05, 0) is 48.7 Å². The van der Waals surface area contributed by atoms with Crippen LogP contribution in [0.3, 0.4) is 0 Å². The predicted molar refractivity (Wildman–Crippen MR) is 99.3 cm³/mol. The number of benzene rings is 2. The fraction of sp³-hybridized carbons (Fsp3) is 0.300. The van der Waals surface area contributed by atoms with Crippen LogP contribution in [0.25, 0.3) is 0 Å². The molecule has 0 saturated carbocycles. The molecule has 3 rings (SSSR count). The molecule has 27 heavy (non-hydrogen) atoms. The number of rotatable bonds is 5. The van der Waals surface area contributed by atoms with E-state index < -0.39 is 29.7 Å². The zero-order valence-corrected chi connectivity index (χ0v) is 15.4. The smallest absolute Gasteiger partial charge is 0.310 e. The van der Waals surface area contributed by atoms with Gasteiger partial charge in [-0.15, -0.1) is 0 Å². The van der Waals surface area contributed by atoms with Crippen molar-refractivity contribution in [3.05, 3.63) is 64.4 Å². The van der Waals surface area contributed by atoms with Crippen LogP contribution in [0.1, 0.15) is 36.5 Å². The molecule has 3 atom stereocenters. The van der Waals surface area contributed by atoms with Crippen LogP contribution in [0.5, 0.6) is 0 Å². The van der Waals surface area contributed by atoms with E-state index >= 15 is 0 Å². The first-order chi connectivity index (χ1) is 12.9. The summed E-state index contributed by atoms with van der Waals surface area (Å²) < 4.78 is 19.4. The second-order valence-corrected chi connectivity index (χ2v) is 6.94. The van der Waals surface area contributed by atoms with Gasteiger partial charge < -0.3 is 15.2 Å². The average Bonchev–Trinajstić information content (AvgIpc) is 3.13. The lowest BCUT2D eigenvalue weighted by Crippen LogP contribution is -2.25. The molecule has 0 aromatic heterocycles. The summed E-state index contributed by atoms with van der Waals surface area (Å²) in [5.41, 5.74) is 1.67. The molecule has 1 aliphatic heterocycles. The van der Waals surface area contributed by atoms with Gasteiger partial charge in [0.1, 0.15) is 5.82 Å². The highest BCUT2D eigenvalue weighted by atomic mass is 35.5. The molecule has 5 nitrogen and oxygen atoms in total. The van der Waals surface area contributed by atoms with Crippen LogP contribution in [-0.4, -0.2) is 23.6 Å². The molecule has 142 valence electrons. The topological polar surface area (TPSA) is 75.6 Å². The minimum atomic E-state index is -0.938. The molecule has 0 radical (unpaired) electrons. The van der Waals surface area contributed by atoms with Gasteiger partial charge in [0.05, 0.1) is 23.0 Å². The number of nitrogens with one attached hydrogen (secondary N) is 1. The van der Waals surface area contributed by atoms with Crippen LogP contribution in [0.15, 0.2) is 42.5 Å². The van der Waals surface area contributed by atoms with Crippen molar-refractivity contribution in [2.24, 2.45) is 5.92 Å². The molecule has 0 spiro atoms. The second kappa shape index (κ2) is 8.06. The fourth-order valence-electron chi connectivity index (χ4n) is 3.14. The Hall–Kier alpha value is -2.44. The van der Waals surface area contributed by atoms with Crippen molar-refractivity contribution in [2.45, 2.75) is 25.4 Å². The van der Waals surface area contributed by atoms with Gasteiger partial charge in [0.15, 0.2) is 0 Å². The summed E-state index contributed by atoms with van der Waals surface area (Å²) in [4.78, 5) is 23.9. The van der Waals surface area contributed by atoms with Gasteiger partial charge in [0.25, 0.3) is 0 Å². The quantitative estimate of drug-likeness (QED) is 0.792. The van der Waals surface area contributed by atoms with E-state index in [1.54, 1.807) is 37.3 Å². The number of carboxylic acids is 1. The van der Waals surface area contributed by atoms with E-state index in [2.05, 4.69) is 5.32 Å². The van der Waals surface area contributed by atoms with Crippen molar-refractivity contribution in [1.82, 2.24) is 0 Å². The van der Waals surface area contributed by atoms with Crippen LogP contribution in [0, 0.1) is 11.7 Å². The zero-order valence-electron chi connectivity index (χ0n) is 14.6. The third-order valence-electron chi connectivity index (χ3n) is 4.73. The van der Waals surface area contributed by atoms with Gasteiger partial charge >= 0.3 is 5.97 Å². The average molecular weight is 392 g/mol. The minimum absolute atomic E-state index is 0.0158. The Labute approximate surface area is 161 Å². The first-order valence-corrected chi connectivity index (χ1v) is 8.95. The van der Waals surface area contributed by atoms with E-state index in [4.69, 9.17) is 21.4 Å². The van der Waals surface area contributed by atoms with Crippen molar-refractivity contribution in [3.8, 4) is 0 Å². The number of ether oxygens (including phenoxy) is 1. The number of carbonyl (C=O) groups is 2. The molecular formula is C20H19ClFNO4. The fourth-order valence-corrected chi connectivity index (χ4v) is 3.26. The number of amides is 1. The lowest BCUT2D eigenvalue weighted by Gasteiger charge is -2.19. The molecule has 7 heteroatoms. The van der Waals surface area contributed by atoms with Crippen molar-refractivity contribution in [1.29, 1.82) is 0 Å².